The van der Waals surface area contributed by atoms with E-state index in [4.69, 9.17) is 5.73 Å². The molecule has 0 saturated carbocycles. The number of hydrogen-bond donors (Lipinski definition) is 2. The van der Waals surface area contributed by atoms with Gasteiger partial charge in [-0.05, 0) is 11.1 Å². The van der Waals surface area contributed by atoms with Crippen molar-refractivity contribution < 1.29 is 0 Å². The number of aromatic nitrogens is 1. The molecule has 0 atom stereocenters. The van der Waals surface area contributed by atoms with Crippen LogP contribution in [-0.4, -0.2) is 4.57 Å². The van der Waals surface area contributed by atoms with Crippen LogP contribution in [0.3, 0.4) is 0 Å². The van der Waals surface area contributed by atoms with Crippen molar-refractivity contribution in [2.45, 2.75) is 12.3 Å². The zero-order chi connectivity index (χ0) is 10.1. The summed E-state index contributed by atoms with van der Waals surface area (Å²) in [6.45, 7) is 0.585. The molecule has 0 radical (unpaired) electrons. The van der Waals surface area contributed by atoms with E-state index in [2.05, 4.69) is 48.6 Å². The molecule has 14 heavy (non-hydrogen) atoms. The zero-order valence-corrected chi connectivity index (χ0v) is 9.09. The maximum Gasteiger partial charge on any atom is 0.0526 e. The molecule has 0 unspecified atom stereocenters. The highest BCUT2D eigenvalue weighted by Crippen LogP contribution is 2.24. The van der Waals surface area contributed by atoms with Crippen molar-refractivity contribution in [1.29, 1.82) is 0 Å². The lowest BCUT2D eigenvalue weighted by molar-refractivity contribution is 0.945. The Kier molecular flexibility index (Phi) is 2.52. The fraction of sp³-hybridized carbons (Fsp3) is 0.273. The Labute approximate surface area is 89.1 Å². The van der Waals surface area contributed by atoms with Gasteiger partial charge in [0.05, 0.1) is 5.52 Å². The minimum Gasteiger partial charge on any atom is -0.350 e. The van der Waals surface area contributed by atoms with E-state index in [1.807, 2.05) is 0 Å². The van der Waals surface area contributed by atoms with Crippen molar-refractivity contribution in [3.05, 3.63) is 35.5 Å². The van der Waals surface area contributed by atoms with Gasteiger partial charge in [-0.25, -0.2) is 0 Å². The third-order valence-electron chi connectivity index (χ3n) is 2.56. The van der Waals surface area contributed by atoms with E-state index >= 15 is 0 Å². The number of benzene rings is 1. The van der Waals surface area contributed by atoms with E-state index in [1.54, 1.807) is 0 Å². The number of nitrogens with two attached hydrogens (primary N) is 1. The third-order valence-corrected chi connectivity index (χ3v) is 2.90. The molecule has 1 aromatic carbocycles. The lowest BCUT2D eigenvalue weighted by Crippen LogP contribution is -1.99. The molecule has 74 valence electrons. The second kappa shape index (κ2) is 3.67. The van der Waals surface area contributed by atoms with Crippen LogP contribution in [0.5, 0.6) is 0 Å². The lowest BCUT2D eigenvalue weighted by Gasteiger charge is -2.02. The van der Waals surface area contributed by atoms with E-state index in [0.717, 1.165) is 5.75 Å². The van der Waals surface area contributed by atoms with Crippen LogP contribution in [0.25, 0.3) is 10.9 Å². The number of fused-ring (bicyclic) bond motifs is 1. The molecule has 2 N–H and O–H groups in total. The molecule has 2 aromatic rings. The van der Waals surface area contributed by atoms with E-state index in [9.17, 15) is 0 Å². The number of para-hydroxylation sites is 1. The molecule has 0 saturated heterocycles. The van der Waals surface area contributed by atoms with E-state index in [-0.39, 0.29) is 0 Å². The van der Waals surface area contributed by atoms with E-state index < -0.39 is 0 Å². The highest BCUT2D eigenvalue weighted by molar-refractivity contribution is 7.79. The van der Waals surface area contributed by atoms with Gasteiger partial charge < -0.3 is 10.3 Å². The Bertz CT molecular complexity index is 460. The Morgan fingerprint density at radius 2 is 2.14 bits per heavy atom. The second-order valence-corrected chi connectivity index (χ2v) is 3.76. The highest BCUT2D eigenvalue weighted by Gasteiger charge is 2.07. The van der Waals surface area contributed by atoms with Crippen LogP contribution in [0.15, 0.2) is 24.4 Å². The number of thiol groups is 1. The Hall–Kier alpha value is -0.930. The second-order valence-electron chi connectivity index (χ2n) is 3.44. The predicted octanol–water partition coefficient (Wildman–Crippen LogP) is 2.07. The molecule has 0 spiro atoms. The van der Waals surface area contributed by atoms with Crippen molar-refractivity contribution in [2.75, 3.05) is 0 Å². The van der Waals surface area contributed by atoms with E-state index in [1.165, 1.54) is 22.0 Å². The van der Waals surface area contributed by atoms with Gasteiger partial charge in [0.25, 0.3) is 0 Å². The first-order valence-corrected chi connectivity index (χ1v) is 5.28. The maximum absolute atomic E-state index is 5.70. The first-order chi connectivity index (χ1) is 6.77. The SMILES string of the molecule is Cn1cc(CS)c2cccc(CN)c21. The molecule has 3 heteroatoms. The molecule has 0 aliphatic heterocycles. The van der Waals surface area contributed by atoms with Crippen molar-refractivity contribution in [3.8, 4) is 0 Å². The fourth-order valence-electron chi connectivity index (χ4n) is 1.93. The summed E-state index contributed by atoms with van der Waals surface area (Å²) in [6.07, 6.45) is 2.12. The van der Waals surface area contributed by atoms with Gasteiger partial charge in [0, 0.05) is 30.9 Å². The molecule has 0 amide bonds. The molecule has 2 rings (SSSR count). The molecular weight excluding hydrogens is 192 g/mol. The summed E-state index contributed by atoms with van der Waals surface area (Å²) in [5, 5.41) is 1.27. The quantitative estimate of drug-likeness (QED) is 0.724. The van der Waals surface area contributed by atoms with E-state index in [0.29, 0.717) is 6.54 Å². The maximum atomic E-state index is 5.70. The summed E-state index contributed by atoms with van der Waals surface area (Å²) in [6, 6.07) is 6.25. The van der Waals surface area contributed by atoms with Crippen molar-refractivity contribution in [2.24, 2.45) is 12.8 Å². The molecule has 0 bridgehead atoms. The molecule has 1 aromatic heterocycles. The van der Waals surface area contributed by atoms with Gasteiger partial charge in [0.1, 0.15) is 0 Å². The van der Waals surface area contributed by atoms with Crippen molar-refractivity contribution in [1.82, 2.24) is 4.57 Å². The largest absolute Gasteiger partial charge is 0.350 e. The van der Waals surface area contributed by atoms with Crippen LogP contribution < -0.4 is 5.73 Å². The highest BCUT2D eigenvalue weighted by atomic mass is 32.1. The van der Waals surface area contributed by atoms with Crippen LogP contribution >= 0.6 is 12.6 Å². The summed E-state index contributed by atoms with van der Waals surface area (Å²) < 4.78 is 2.13. The normalized spacial score (nSPS) is 11.1. The standard InChI is InChI=1S/C11H14N2S/c1-13-6-9(7-14)10-4-2-3-8(5-12)11(10)13/h2-4,6,14H,5,7,12H2,1H3. The number of nitrogens with zero attached hydrogens (tertiary/aromatic N) is 1. The molecule has 0 aliphatic rings. The molecule has 0 aliphatic carbocycles. The number of aryl methyl sites for hydroxylation is 1. The summed E-state index contributed by atoms with van der Waals surface area (Å²) in [7, 11) is 2.05. The monoisotopic (exact) mass is 206 g/mol. The summed E-state index contributed by atoms with van der Waals surface area (Å²) in [5.74, 6) is 0.769. The minimum absolute atomic E-state index is 0.585. The molecule has 0 fully saturated rings. The average molecular weight is 206 g/mol. The zero-order valence-electron chi connectivity index (χ0n) is 8.20. The fourth-order valence-corrected chi connectivity index (χ4v) is 2.18. The van der Waals surface area contributed by atoms with Gasteiger partial charge in [0.15, 0.2) is 0 Å². The first-order valence-electron chi connectivity index (χ1n) is 4.64. The molecular formula is C11H14N2S. The summed E-state index contributed by atoms with van der Waals surface area (Å²) in [5.41, 5.74) is 9.40. The van der Waals surface area contributed by atoms with Crippen molar-refractivity contribution in [3.63, 3.8) is 0 Å². The van der Waals surface area contributed by atoms with Crippen LogP contribution in [0.4, 0.5) is 0 Å². The minimum atomic E-state index is 0.585. The van der Waals surface area contributed by atoms with Gasteiger partial charge in [0.2, 0.25) is 0 Å². The van der Waals surface area contributed by atoms with Gasteiger partial charge in [-0.2, -0.15) is 12.6 Å². The Morgan fingerprint density at radius 3 is 2.79 bits per heavy atom. The topological polar surface area (TPSA) is 30.9 Å². The summed E-state index contributed by atoms with van der Waals surface area (Å²) in [4.78, 5) is 0. The van der Waals surface area contributed by atoms with Gasteiger partial charge in [-0.15, -0.1) is 0 Å². The average Bonchev–Trinajstić information content (AvgIpc) is 2.55. The predicted molar refractivity (Wildman–Crippen MR) is 63.5 cm³/mol. The number of hydrogen-bond acceptors (Lipinski definition) is 2. The number of rotatable bonds is 2. The molecule has 1 heterocycles. The van der Waals surface area contributed by atoms with Crippen molar-refractivity contribution >= 4 is 23.5 Å². The Morgan fingerprint density at radius 1 is 1.36 bits per heavy atom. The summed E-state index contributed by atoms with van der Waals surface area (Å²) >= 11 is 4.32. The van der Waals surface area contributed by atoms with Crippen LogP contribution in [0.2, 0.25) is 0 Å². The third kappa shape index (κ3) is 1.33. The smallest absolute Gasteiger partial charge is 0.0526 e. The Balaban J connectivity index is 2.81. The molecule has 2 nitrogen and oxygen atoms in total. The van der Waals surface area contributed by atoms with Crippen LogP contribution in [0.1, 0.15) is 11.1 Å². The van der Waals surface area contributed by atoms with Crippen LogP contribution in [-0.2, 0) is 19.3 Å². The lowest BCUT2D eigenvalue weighted by atomic mass is 10.1. The van der Waals surface area contributed by atoms with Crippen LogP contribution in [0, 0.1) is 0 Å². The first kappa shape index (κ1) is 9.62. The van der Waals surface area contributed by atoms with Gasteiger partial charge in [-0.1, -0.05) is 18.2 Å². The van der Waals surface area contributed by atoms with Gasteiger partial charge >= 0.3 is 0 Å². The van der Waals surface area contributed by atoms with Gasteiger partial charge in [-0.3, -0.25) is 0 Å².